The van der Waals surface area contributed by atoms with Crippen LogP contribution in [0, 0.1) is 0 Å². The molecular weight excluding hydrogens is 298 g/mol. The smallest absolute Gasteiger partial charge is 0.303 e. The van der Waals surface area contributed by atoms with E-state index in [0.717, 1.165) is 12.8 Å². The molecule has 0 fully saturated rings. The summed E-state index contributed by atoms with van der Waals surface area (Å²) in [6.45, 7) is 6.15. The zero-order valence-corrected chi connectivity index (χ0v) is 16.6. The molecule has 0 saturated heterocycles. The lowest BCUT2D eigenvalue weighted by atomic mass is 10.1. The lowest BCUT2D eigenvalue weighted by Crippen LogP contribution is -2.06. The predicted molar refractivity (Wildman–Crippen MR) is 106 cm³/mol. The number of carboxylic acids is 1. The molecule has 0 saturated carbocycles. The molecule has 0 amide bonds. The molecule has 0 aliphatic carbocycles. The Labute approximate surface area is 151 Å². The largest absolute Gasteiger partial charge is 0.481 e. The van der Waals surface area contributed by atoms with Gasteiger partial charge in [0, 0.05) is 6.42 Å². The van der Waals surface area contributed by atoms with Crippen molar-refractivity contribution < 1.29 is 9.90 Å². The Bertz CT molecular complexity index is 272. The second kappa shape index (κ2) is 22.2. The third-order valence-electron chi connectivity index (χ3n) is 3.65. The van der Waals surface area contributed by atoms with Crippen molar-refractivity contribution in [1.82, 2.24) is 0 Å². The molecule has 0 aromatic rings. The molecular formula is C21H43NO2. The Morgan fingerprint density at radius 2 is 1.21 bits per heavy atom. The van der Waals surface area contributed by atoms with Crippen LogP contribution in [0.1, 0.15) is 111 Å². The minimum absolute atomic E-state index is 0.332. The molecule has 0 aliphatic heterocycles. The van der Waals surface area contributed by atoms with Crippen LogP contribution in [0.5, 0.6) is 0 Å². The fourth-order valence-electron chi connectivity index (χ4n) is 2.35. The van der Waals surface area contributed by atoms with E-state index in [2.05, 4.69) is 19.1 Å². The predicted octanol–water partition coefficient (Wildman–Crippen LogP) is 6.46. The third kappa shape index (κ3) is 32.9. The minimum atomic E-state index is -0.664. The Hall–Kier alpha value is -0.830. The summed E-state index contributed by atoms with van der Waals surface area (Å²) < 4.78 is 0. The topological polar surface area (TPSA) is 63.3 Å². The molecule has 0 aromatic carbocycles. The first-order chi connectivity index (χ1) is 11.5. The van der Waals surface area contributed by atoms with Crippen LogP contribution in [-0.4, -0.2) is 17.1 Å². The molecule has 3 N–H and O–H groups in total. The number of hydrogen-bond acceptors (Lipinski definition) is 2. The number of hydrogen-bond donors (Lipinski definition) is 2. The summed E-state index contributed by atoms with van der Waals surface area (Å²) in [6.07, 6.45) is 21.2. The molecule has 3 heteroatoms. The highest BCUT2D eigenvalue weighted by Gasteiger charge is 1.95. The molecule has 0 unspecified atom stereocenters. The summed E-state index contributed by atoms with van der Waals surface area (Å²) >= 11 is 0. The number of unbranched alkanes of at least 4 members (excludes halogenated alkanes) is 11. The second-order valence-corrected chi connectivity index (χ2v) is 6.97. The fraction of sp³-hybridized carbons (Fsp3) is 0.857. The van der Waals surface area contributed by atoms with Crippen LogP contribution < -0.4 is 5.73 Å². The van der Waals surface area contributed by atoms with Gasteiger partial charge in [-0.1, -0.05) is 84.3 Å². The lowest BCUT2D eigenvalue weighted by Gasteiger charge is -1.99. The van der Waals surface area contributed by atoms with Gasteiger partial charge in [-0.2, -0.15) is 0 Å². The molecule has 3 nitrogen and oxygen atoms in total. The van der Waals surface area contributed by atoms with Crippen molar-refractivity contribution in [2.45, 2.75) is 117 Å². The molecule has 144 valence electrons. The van der Waals surface area contributed by atoms with E-state index in [1.54, 1.807) is 0 Å². The van der Waals surface area contributed by atoms with Gasteiger partial charge in [-0.05, 0) is 38.1 Å². The highest BCUT2D eigenvalue weighted by molar-refractivity contribution is 5.66. The highest BCUT2D eigenvalue weighted by atomic mass is 16.4. The summed E-state index contributed by atoms with van der Waals surface area (Å²) in [7, 11) is 0. The number of nitrogens with two attached hydrogens (primary N) is 1. The van der Waals surface area contributed by atoms with Gasteiger partial charge in [-0.25, -0.2) is 0 Å². The van der Waals surface area contributed by atoms with E-state index in [-0.39, 0.29) is 0 Å². The molecule has 0 heterocycles. The molecule has 0 rings (SSSR count). The van der Waals surface area contributed by atoms with Crippen LogP contribution in [0.15, 0.2) is 12.2 Å². The average molecular weight is 342 g/mol. The van der Waals surface area contributed by atoms with Gasteiger partial charge in [0.15, 0.2) is 0 Å². The van der Waals surface area contributed by atoms with Gasteiger partial charge in [-0.15, -0.1) is 0 Å². The first-order valence-electron chi connectivity index (χ1n) is 10.1. The van der Waals surface area contributed by atoms with Crippen LogP contribution in [0.4, 0.5) is 0 Å². The summed E-state index contributed by atoms with van der Waals surface area (Å²) in [4.78, 5) is 10.3. The Kier molecular flexibility index (Phi) is 23.5. The summed E-state index contributed by atoms with van der Waals surface area (Å²) in [5.41, 5.74) is 5.11. The van der Waals surface area contributed by atoms with E-state index in [1.165, 1.54) is 70.6 Å². The molecule has 0 atom stereocenters. The van der Waals surface area contributed by atoms with Crippen LogP contribution in [-0.2, 0) is 4.79 Å². The van der Waals surface area contributed by atoms with Crippen molar-refractivity contribution in [3.05, 3.63) is 12.2 Å². The van der Waals surface area contributed by atoms with Crippen molar-refractivity contribution in [2.75, 3.05) is 0 Å². The maximum absolute atomic E-state index is 10.3. The number of allylic oxidation sites excluding steroid dienone is 2. The molecule has 0 spiro atoms. The van der Waals surface area contributed by atoms with Gasteiger partial charge in [-0.3, -0.25) is 4.79 Å². The van der Waals surface area contributed by atoms with Crippen LogP contribution in [0.3, 0.4) is 0 Å². The van der Waals surface area contributed by atoms with Gasteiger partial charge < -0.3 is 10.8 Å². The zero-order valence-electron chi connectivity index (χ0n) is 16.6. The molecule has 0 radical (unpaired) electrons. The van der Waals surface area contributed by atoms with Crippen LogP contribution in [0.25, 0.3) is 0 Å². The summed E-state index contributed by atoms with van der Waals surface area (Å²) in [6, 6.07) is 0.333. The quantitative estimate of drug-likeness (QED) is 0.265. The Morgan fingerprint density at radius 3 is 1.62 bits per heavy atom. The third-order valence-corrected chi connectivity index (χ3v) is 3.65. The molecule has 0 aliphatic rings. The molecule has 24 heavy (non-hydrogen) atoms. The van der Waals surface area contributed by atoms with Crippen molar-refractivity contribution in [1.29, 1.82) is 0 Å². The minimum Gasteiger partial charge on any atom is -0.481 e. The normalized spacial score (nSPS) is 10.9. The van der Waals surface area contributed by atoms with E-state index < -0.39 is 5.97 Å². The average Bonchev–Trinajstić information content (AvgIpc) is 2.50. The molecule has 0 aromatic heterocycles. The first-order valence-corrected chi connectivity index (χ1v) is 10.1. The van der Waals surface area contributed by atoms with Gasteiger partial charge in [0.1, 0.15) is 0 Å². The van der Waals surface area contributed by atoms with Gasteiger partial charge in [0.25, 0.3) is 0 Å². The number of rotatable bonds is 15. The van der Waals surface area contributed by atoms with Gasteiger partial charge in [0.2, 0.25) is 0 Å². The highest BCUT2D eigenvalue weighted by Crippen LogP contribution is 2.09. The van der Waals surface area contributed by atoms with E-state index >= 15 is 0 Å². The Balaban J connectivity index is 0. The van der Waals surface area contributed by atoms with Crippen molar-refractivity contribution >= 4 is 5.97 Å². The Morgan fingerprint density at radius 1 is 0.833 bits per heavy atom. The number of carbonyl (C=O) groups is 1. The maximum Gasteiger partial charge on any atom is 0.303 e. The number of aliphatic carboxylic acids is 1. The lowest BCUT2D eigenvalue weighted by molar-refractivity contribution is -0.137. The van der Waals surface area contributed by atoms with Crippen molar-refractivity contribution in [3.8, 4) is 0 Å². The summed E-state index contributed by atoms with van der Waals surface area (Å²) in [5, 5.41) is 8.51. The second-order valence-electron chi connectivity index (χ2n) is 6.97. The van der Waals surface area contributed by atoms with Crippen molar-refractivity contribution in [3.63, 3.8) is 0 Å². The SMILES string of the molecule is CC(C)N.CCCCCCCCC=CCCCCCCCC(=O)O. The van der Waals surface area contributed by atoms with E-state index in [1.807, 2.05) is 13.8 Å². The molecule has 0 bridgehead atoms. The van der Waals surface area contributed by atoms with Gasteiger partial charge in [0.05, 0.1) is 0 Å². The van der Waals surface area contributed by atoms with Crippen molar-refractivity contribution in [2.24, 2.45) is 5.73 Å². The van der Waals surface area contributed by atoms with Crippen LogP contribution >= 0.6 is 0 Å². The van der Waals surface area contributed by atoms with E-state index in [9.17, 15) is 4.79 Å². The van der Waals surface area contributed by atoms with E-state index in [0.29, 0.717) is 12.5 Å². The zero-order chi connectivity index (χ0) is 18.5. The maximum atomic E-state index is 10.3. The number of carboxylic acid groups (broad SMARTS) is 1. The fourth-order valence-corrected chi connectivity index (χ4v) is 2.35. The van der Waals surface area contributed by atoms with Crippen LogP contribution in [0.2, 0.25) is 0 Å². The monoisotopic (exact) mass is 341 g/mol. The van der Waals surface area contributed by atoms with Gasteiger partial charge >= 0.3 is 5.97 Å². The standard InChI is InChI=1S/C18H34O2.C3H9N/c1-2-3-4-5-6-7-8-9-10-11-12-13-14-15-16-17-18(19)20;1-3(2)4/h9-10H,2-8,11-17H2,1H3,(H,19,20);3H,4H2,1-2H3. The summed E-state index contributed by atoms with van der Waals surface area (Å²) in [5.74, 6) is -0.664. The first kappa shape index (κ1) is 25.4. The van der Waals surface area contributed by atoms with E-state index in [4.69, 9.17) is 10.8 Å².